The van der Waals surface area contributed by atoms with E-state index in [9.17, 15) is 4.79 Å². The van der Waals surface area contributed by atoms with Crippen LogP contribution in [0.2, 0.25) is 5.02 Å². The van der Waals surface area contributed by atoms with Gasteiger partial charge in [-0.25, -0.2) is 0 Å². The van der Waals surface area contributed by atoms with Crippen LogP contribution in [0.15, 0.2) is 42.6 Å². The van der Waals surface area contributed by atoms with Crippen molar-refractivity contribution in [2.45, 2.75) is 6.54 Å². The van der Waals surface area contributed by atoms with Crippen LogP contribution in [0.25, 0.3) is 0 Å². The van der Waals surface area contributed by atoms with Crippen LogP contribution in [0.3, 0.4) is 0 Å². The zero-order valence-electron chi connectivity index (χ0n) is 11.0. The van der Waals surface area contributed by atoms with Gasteiger partial charge in [0, 0.05) is 24.8 Å². The molecule has 104 valence electrons. The van der Waals surface area contributed by atoms with E-state index < -0.39 is 0 Å². The summed E-state index contributed by atoms with van der Waals surface area (Å²) in [5.74, 6) is 5.15. The molecular weight excluding hydrogens is 276 g/mol. The second-order valence-corrected chi connectivity index (χ2v) is 4.80. The molecule has 0 spiro atoms. The summed E-state index contributed by atoms with van der Waals surface area (Å²) in [6.45, 7) is 0.484. The number of nitrogen functional groups attached to an aromatic ring is 1. The molecule has 1 aromatic carbocycles. The lowest BCUT2D eigenvalue weighted by Crippen LogP contribution is -2.27. The van der Waals surface area contributed by atoms with Gasteiger partial charge in [0.1, 0.15) is 5.69 Å². The van der Waals surface area contributed by atoms with Crippen LogP contribution in [0.4, 0.5) is 5.69 Å². The topological polar surface area (TPSA) is 71.2 Å². The zero-order valence-corrected chi connectivity index (χ0v) is 11.8. The second-order valence-electron chi connectivity index (χ2n) is 4.36. The molecule has 1 aromatic heterocycles. The highest BCUT2D eigenvalue weighted by Crippen LogP contribution is 2.13. The van der Waals surface area contributed by atoms with Crippen LogP contribution in [0.5, 0.6) is 0 Å². The van der Waals surface area contributed by atoms with Gasteiger partial charge in [-0.05, 0) is 29.8 Å². The number of benzene rings is 1. The van der Waals surface area contributed by atoms with Gasteiger partial charge >= 0.3 is 0 Å². The quantitative estimate of drug-likeness (QED) is 0.669. The number of carbonyl (C=O) groups excluding carboxylic acids is 1. The minimum atomic E-state index is -0.169. The number of rotatable bonds is 4. The summed E-state index contributed by atoms with van der Waals surface area (Å²) in [7, 11) is 1.72. The molecule has 1 heterocycles. The molecule has 0 unspecified atom stereocenters. The fourth-order valence-electron chi connectivity index (χ4n) is 1.77. The number of halogens is 1. The molecule has 2 aromatic rings. The highest BCUT2D eigenvalue weighted by atomic mass is 35.5. The Morgan fingerprint density at radius 3 is 2.70 bits per heavy atom. The number of hydrazine groups is 1. The van der Waals surface area contributed by atoms with Gasteiger partial charge in [0.05, 0.1) is 5.69 Å². The van der Waals surface area contributed by atoms with Crippen LogP contribution in [0, 0.1) is 0 Å². The molecule has 5 nitrogen and oxygen atoms in total. The average Bonchev–Trinajstić information content (AvgIpc) is 2.48. The third-order valence-electron chi connectivity index (χ3n) is 2.83. The maximum absolute atomic E-state index is 12.3. The van der Waals surface area contributed by atoms with Crippen LogP contribution in [-0.2, 0) is 6.54 Å². The van der Waals surface area contributed by atoms with Crippen LogP contribution in [0.1, 0.15) is 16.1 Å². The Morgan fingerprint density at radius 1 is 1.35 bits per heavy atom. The number of carbonyl (C=O) groups is 1. The first kappa shape index (κ1) is 14.3. The van der Waals surface area contributed by atoms with E-state index in [4.69, 9.17) is 17.4 Å². The van der Waals surface area contributed by atoms with Crippen molar-refractivity contribution in [3.8, 4) is 0 Å². The first-order chi connectivity index (χ1) is 9.60. The number of anilines is 1. The molecule has 0 aliphatic rings. The Balaban J connectivity index is 2.09. The van der Waals surface area contributed by atoms with Crippen molar-refractivity contribution < 1.29 is 4.79 Å². The molecule has 6 heteroatoms. The summed E-state index contributed by atoms with van der Waals surface area (Å²) in [5, 5.41) is 0.672. The minimum absolute atomic E-state index is 0.169. The van der Waals surface area contributed by atoms with Crippen LogP contribution >= 0.6 is 11.6 Å². The van der Waals surface area contributed by atoms with E-state index in [1.807, 2.05) is 12.1 Å². The Hall–Kier alpha value is -2.11. The number of nitrogens with two attached hydrogens (primary N) is 1. The first-order valence-corrected chi connectivity index (χ1v) is 6.40. The predicted molar refractivity (Wildman–Crippen MR) is 79.3 cm³/mol. The summed E-state index contributed by atoms with van der Waals surface area (Å²) in [6.07, 6.45) is 1.54. The van der Waals surface area contributed by atoms with Crippen molar-refractivity contribution >= 4 is 23.2 Å². The smallest absolute Gasteiger partial charge is 0.272 e. The third-order valence-corrected chi connectivity index (χ3v) is 3.08. The van der Waals surface area contributed by atoms with E-state index in [-0.39, 0.29) is 5.91 Å². The maximum atomic E-state index is 12.3. The zero-order chi connectivity index (χ0) is 14.5. The number of hydrogen-bond donors (Lipinski definition) is 2. The van der Waals surface area contributed by atoms with Gasteiger partial charge in [0.15, 0.2) is 0 Å². The molecule has 0 saturated carbocycles. The summed E-state index contributed by atoms with van der Waals surface area (Å²) >= 11 is 5.83. The van der Waals surface area contributed by atoms with E-state index in [1.165, 1.54) is 0 Å². The monoisotopic (exact) mass is 290 g/mol. The summed E-state index contributed by atoms with van der Waals surface area (Å²) in [5.41, 5.74) is 4.48. The summed E-state index contributed by atoms with van der Waals surface area (Å²) in [4.78, 5) is 17.9. The standard InChI is InChI=1S/C14H15ClN4O/c1-19(9-10-2-4-11(15)5-3-10)14(20)13-8-12(18-16)6-7-17-13/h2-8H,9,16H2,1H3,(H,17,18). The van der Waals surface area contributed by atoms with E-state index >= 15 is 0 Å². The van der Waals surface area contributed by atoms with Gasteiger partial charge in [-0.2, -0.15) is 0 Å². The van der Waals surface area contributed by atoms with Gasteiger partial charge in [-0.3, -0.25) is 15.6 Å². The number of pyridine rings is 1. The fraction of sp³-hybridized carbons (Fsp3) is 0.143. The van der Waals surface area contributed by atoms with E-state index in [0.717, 1.165) is 5.56 Å². The first-order valence-electron chi connectivity index (χ1n) is 6.02. The molecule has 2 rings (SSSR count). The van der Waals surface area contributed by atoms with Crippen molar-refractivity contribution in [3.63, 3.8) is 0 Å². The molecule has 0 saturated heterocycles. The molecule has 3 N–H and O–H groups in total. The normalized spacial score (nSPS) is 10.2. The van der Waals surface area contributed by atoms with Crippen molar-refractivity contribution in [1.29, 1.82) is 0 Å². The fourth-order valence-corrected chi connectivity index (χ4v) is 1.89. The lowest BCUT2D eigenvalue weighted by molar-refractivity contribution is 0.0779. The van der Waals surface area contributed by atoms with Gasteiger partial charge in [0.25, 0.3) is 5.91 Å². The van der Waals surface area contributed by atoms with Crippen molar-refractivity contribution in [3.05, 3.63) is 58.9 Å². The van der Waals surface area contributed by atoms with E-state index in [0.29, 0.717) is 22.9 Å². The van der Waals surface area contributed by atoms with E-state index in [1.54, 1.807) is 42.4 Å². The molecule has 1 amide bonds. The number of nitrogens with one attached hydrogen (secondary N) is 1. The number of aromatic nitrogens is 1. The van der Waals surface area contributed by atoms with Crippen molar-refractivity contribution in [1.82, 2.24) is 9.88 Å². The van der Waals surface area contributed by atoms with Crippen molar-refractivity contribution in [2.75, 3.05) is 12.5 Å². The second kappa shape index (κ2) is 6.36. The lowest BCUT2D eigenvalue weighted by atomic mass is 10.2. The Kier molecular flexibility index (Phi) is 4.55. The summed E-state index contributed by atoms with van der Waals surface area (Å²) in [6, 6.07) is 10.7. The summed E-state index contributed by atoms with van der Waals surface area (Å²) < 4.78 is 0. The maximum Gasteiger partial charge on any atom is 0.272 e. The van der Waals surface area contributed by atoms with Crippen LogP contribution < -0.4 is 11.3 Å². The molecular formula is C14H15ClN4O. The number of hydrogen-bond acceptors (Lipinski definition) is 4. The molecule has 0 aliphatic carbocycles. The Morgan fingerprint density at radius 2 is 2.05 bits per heavy atom. The molecule has 0 atom stereocenters. The van der Waals surface area contributed by atoms with Crippen molar-refractivity contribution in [2.24, 2.45) is 5.84 Å². The van der Waals surface area contributed by atoms with Gasteiger partial charge < -0.3 is 10.3 Å². The van der Waals surface area contributed by atoms with Crippen LogP contribution in [-0.4, -0.2) is 22.8 Å². The predicted octanol–water partition coefficient (Wildman–Crippen LogP) is 2.29. The Bertz CT molecular complexity index is 600. The van der Waals surface area contributed by atoms with Gasteiger partial charge in [-0.1, -0.05) is 23.7 Å². The average molecular weight is 291 g/mol. The molecule has 0 bridgehead atoms. The molecule has 0 aliphatic heterocycles. The minimum Gasteiger partial charge on any atom is -0.336 e. The molecule has 0 radical (unpaired) electrons. The number of amides is 1. The Labute approximate surface area is 122 Å². The highest BCUT2D eigenvalue weighted by molar-refractivity contribution is 6.30. The third kappa shape index (κ3) is 3.46. The molecule has 0 fully saturated rings. The van der Waals surface area contributed by atoms with Gasteiger partial charge in [0.2, 0.25) is 0 Å². The lowest BCUT2D eigenvalue weighted by Gasteiger charge is -2.17. The highest BCUT2D eigenvalue weighted by Gasteiger charge is 2.13. The molecule has 20 heavy (non-hydrogen) atoms. The van der Waals surface area contributed by atoms with Gasteiger partial charge in [-0.15, -0.1) is 0 Å². The SMILES string of the molecule is CN(Cc1ccc(Cl)cc1)C(=O)c1cc(NN)ccn1. The number of nitrogens with zero attached hydrogens (tertiary/aromatic N) is 2. The largest absolute Gasteiger partial charge is 0.336 e. The van der Waals surface area contributed by atoms with E-state index in [2.05, 4.69) is 10.4 Å².